The number of nitrogens with zero attached hydrogens (tertiary/aromatic N) is 2. The smallest absolute Gasteiger partial charge is 0.264 e. The number of nitrogens with one attached hydrogen (secondary N) is 1. The lowest BCUT2D eigenvalue weighted by atomic mass is 10.1. The Bertz CT molecular complexity index is 1140. The maximum Gasteiger partial charge on any atom is 0.264 e. The summed E-state index contributed by atoms with van der Waals surface area (Å²) in [6, 6.07) is 13.2. The second-order valence-electron chi connectivity index (χ2n) is 6.22. The number of hydrogen-bond acceptors (Lipinski definition) is 5. The van der Waals surface area contributed by atoms with Gasteiger partial charge in [0, 0.05) is 24.3 Å². The Labute approximate surface area is 156 Å². The number of carbonyl (C=O) groups excluding carboxylic acids is 1. The van der Waals surface area contributed by atoms with Crippen molar-refractivity contribution in [1.82, 2.24) is 9.88 Å². The van der Waals surface area contributed by atoms with Crippen molar-refractivity contribution < 1.29 is 17.9 Å². The first-order chi connectivity index (χ1) is 13.0. The van der Waals surface area contributed by atoms with E-state index in [0.717, 1.165) is 5.39 Å². The fourth-order valence-corrected chi connectivity index (χ4v) is 4.22. The summed E-state index contributed by atoms with van der Waals surface area (Å²) in [6.07, 6.45) is 1.55. The van der Waals surface area contributed by atoms with E-state index < -0.39 is 10.0 Å². The van der Waals surface area contributed by atoms with Gasteiger partial charge in [0.15, 0.2) is 0 Å². The van der Waals surface area contributed by atoms with E-state index in [1.54, 1.807) is 54.5 Å². The van der Waals surface area contributed by atoms with Gasteiger partial charge < -0.3 is 9.64 Å². The number of sulfonamides is 1. The van der Waals surface area contributed by atoms with Crippen LogP contribution in [0, 0.1) is 0 Å². The molecule has 0 spiro atoms. The first kappa shape index (κ1) is 17.3. The third-order valence-corrected chi connectivity index (χ3v) is 5.79. The van der Waals surface area contributed by atoms with E-state index >= 15 is 0 Å². The van der Waals surface area contributed by atoms with E-state index in [1.807, 2.05) is 0 Å². The zero-order valence-corrected chi connectivity index (χ0v) is 15.4. The molecule has 0 atom stereocenters. The number of pyridine rings is 1. The van der Waals surface area contributed by atoms with Gasteiger partial charge in [0.25, 0.3) is 15.9 Å². The second-order valence-corrected chi connectivity index (χ2v) is 7.87. The minimum Gasteiger partial charge on any atom is -0.491 e. The maximum absolute atomic E-state index is 12.9. The average Bonchev–Trinajstić information content (AvgIpc) is 2.80. The van der Waals surface area contributed by atoms with E-state index in [9.17, 15) is 13.2 Å². The third kappa shape index (κ3) is 3.19. The van der Waals surface area contributed by atoms with Crippen LogP contribution in [0.2, 0.25) is 0 Å². The summed E-state index contributed by atoms with van der Waals surface area (Å²) in [5, 5.41) is 0.729. The Morgan fingerprint density at radius 1 is 1.15 bits per heavy atom. The summed E-state index contributed by atoms with van der Waals surface area (Å²) in [5.41, 5.74) is 1.00. The Morgan fingerprint density at radius 3 is 2.81 bits per heavy atom. The van der Waals surface area contributed by atoms with Crippen LogP contribution in [0.1, 0.15) is 10.4 Å². The standard InChI is InChI=1S/C19H17N3O4S/c1-22-10-11-26-16-8-7-14(12-15(16)19(22)23)21-27(24,25)17-6-2-4-13-5-3-9-20-18(13)17/h2-9,12,21H,10-11H2,1H3. The fourth-order valence-electron chi connectivity index (χ4n) is 2.99. The maximum atomic E-state index is 12.9. The second kappa shape index (κ2) is 6.55. The van der Waals surface area contributed by atoms with E-state index in [0.29, 0.717) is 30.0 Å². The zero-order valence-electron chi connectivity index (χ0n) is 14.5. The molecule has 0 aliphatic carbocycles. The summed E-state index contributed by atoms with van der Waals surface area (Å²) < 4.78 is 33.9. The van der Waals surface area contributed by atoms with Crippen LogP contribution < -0.4 is 9.46 Å². The number of amides is 1. The molecule has 2 heterocycles. The van der Waals surface area contributed by atoms with Crippen molar-refractivity contribution in [2.75, 3.05) is 24.9 Å². The molecule has 138 valence electrons. The normalized spacial score (nSPS) is 14.4. The number of fused-ring (bicyclic) bond motifs is 2. The third-order valence-electron chi connectivity index (χ3n) is 4.38. The van der Waals surface area contributed by atoms with Crippen LogP contribution in [-0.4, -0.2) is 44.4 Å². The van der Waals surface area contributed by atoms with Gasteiger partial charge in [-0.1, -0.05) is 18.2 Å². The molecule has 1 N–H and O–H groups in total. The molecule has 0 saturated heterocycles. The van der Waals surface area contributed by atoms with Gasteiger partial charge in [-0.15, -0.1) is 0 Å². The van der Waals surface area contributed by atoms with Crippen LogP contribution in [0.5, 0.6) is 5.75 Å². The molecule has 0 fully saturated rings. The minimum absolute atomic E-state index is 0.0789. The van der Waals surface area contributed by atoms with Crippen LogP contribution in [0.15, 0.2) is 59.6 Å². The monoisotopic (exact) mass is 383 g/mol. The van der Waals surface area contributed by atoms with Crippen LogP contribution in [-0.2, 0) is 10.0 Å². The average molecular weight is 383 g/mol. The SMILES string of the molecule is CN1CCOc2ccc(NS(=O)(=O)c3cccc4cccnc34)cc2C1=O. The molecular formula is C19H17N3O4S. The summed E-state index contributed by atoms with van der Waals surface area (Å²) >= 11 is 0. The minimum atomic E-state index is -3.88. The van der Waals surface area contributed by atoms with Crippen LogP contribution in [0.4, 0.5) is 5.69 Å². The number of ether oxygens (including phenoxy) is 1. The molecule has 1 aliphatic heterocycles. The number of hydrogen-bond donors (Lipinski definition) is 1. The van der Waals surface area contributed by atoms with Gasteiger partial charge in [-0.25, -0.2) is 8.42 Å². The zero-order chi connectivity index (χ0) is 19.0. The molecule has 2 aromatic carbocycles. The highest BCUT2D eigenvalue weighted by molar-refractivity contribution is 7.93. The number of para-hydroxylation sites is 1. The van der Waals surface area contributed by atoms with Gasteiger partial charge in [-0.2, -0.15) is 0 Å². The number of aromatic nitrogens is 1. The van der Waals surface area contributed by atoms with Crippen molar-refractivity contribution in [3.05, 3.63) is 60.3 Å². The van der Waals surface area contributed by atoms with Gasteiger partial charge in [-0.3, -0.25) is 14.5 Å². The lowest BCUT2D eigenvalue weighted by Crippen LogP contribution is -2.27. The first-order valence-electron chi connectivity index (χ1n) is 8.34. The molecule has 27 heavy (non-hydrogen) atoms. The molecule has 1 aliphatic rings. The molecule has 7 nitrogen and oxygen atoms in total. The summed E-state index contributed by atoms with van der Waals surface area (Å²) in [6.45, 7) is 0.859. The quantitative estimate of drug-likeness (QED) is 0.751. The number of rotatable bonds is 3. The van der Waals surface area contributed by atoms with E-state index in [1.165, 1.54) is 12.1 Å². The largest absolute Gasteiger partial charge is 0.491 e. The van der Waals surface area contributed by atoms with Crippen molar-refractivity contribution >= 4 is 32.5 Å². The van der Waals surface area contributed by atoms with E-state index in [4.69, 9.17) is 4.74 Å². The molecule has 1 aromatic heterocycles. The summed E-state index contributed by atoms with van der Waals surface area (Å²) in [7, 11) is -2.20. The molecule has 0 saturated carbocycles. The summed E-state index contributed by atoms with van der Waals surface area (Å²) in [4.78, 5) is 18.3. The van der Waals surface area contributed by atoms with Crippen molar-refractivity contribution in [2.24, 2.45) is 0 Å². The highest BCUT2D eigenvalue weighted by atomic mass is 32.2. The number of likely N-dealkylation sites (N-methyl/N-ethyl adjacent to an activating group) is 1. The molecule has 0 bridgehead atoms. The van der Waals surface area contributed by atoms with E-state index in [-0.39, 0.29) is 16.5 Å². The molecule has 1 amide bonds. The highest BCUT2D eigenvalue weighted by Crippen LogP contribution is 2.28. The van der Waals surface area contributed by atoms with E-state index in [2.05, 4.69) is 9.71 Å². The van der Waals surface area contributed by atoms with Gasteiger partial charge in [-0.05, 0) is 30.3 Å². The van der Waals surface area contributed by atoms with Crippen LogP contribution >= 0.6 is 0 Å². The lowest BCUT2D eigenvalue weighted by Gasteiger charge is -2.14. The number of benzene rings is 2. The van der Waals surface area contributed by atoms with Crippen LogP contribution in [0.25, 0.3) is 10.9 Å². The topological polar surface area (TPSA) is 88.6 Å². The van der Waals surface area contributed by atoms with Gasteiger partial charge in [0.2, 0.25) is 0 Å². The van der Waals surface area contributed by atoms with Crippen molar-refractivity contribution in [1.29, 1.82) is 0 Å². The van der Waals surface area contributed by atoms with Crippen molar-refractivity contribution in [3.8, 4) is 5.75 Å². The molecule has 4 rings (SSSR count). The molecule has 8 heteroatoms. The predicted molar refractivity (Wildman–Crippen MR) is 101 cm³/mol. The first-order valence-corrected chi connectivity index (χ1v) is 9.83. The van der Waals surface area contributed by atoms with Crippen molar-refractivity contribution in [2.45, 2.75) is 4.90 Å². The fraction of sp³-hybridized carbons (Fsp3) is 0.158. The lowest BCUT2D eigenvalue weighted by molar-refractivity contribution is 0.0796. The highest BCUT2D eigenvalue weighted by Gasteiger charge is 2.23. The molecule has 3 aromatic rings. The predicted octanol–water partition coefficient (Wildman–Crippen LogP) is 2.50. The Balaban J connectivity index is 1.73. The van der Waals surface area contributed by atoms with Gasteiger partial charge in [0.1, 0.15) is 17.3 Å². The number of carbonyl (C=O) groups is 1. The molecule has 0 unspecified atom stereocenters. The summed E-state index contributed by atoms with van der Waals surface area (Å²) in [5.74, 6) is 0.231. The molecule has 0 radical (unpaired) electrons. The molecular weight excluding hydrogens is 366 g/mol. The Hall–Kier alpha value is -3.13. The number of anilines is 1. The van der Waals surface area contributed by atoms with Crippen molar-refractivity contribution in [3.63, 3.8) is 0 Å². The Morgan fingerprint density at radius 2 is 1.96 bits per heavy atom. The Kier molecular flexibility index (Phi) is 4.19. The van der Waals surface area contributed by atoms with Crippen LogP contribution in [0.3, 0.4) is 0 Å². The van der Waals surface area contributed by atoms with Gasteiger partial charge >= 0.3 is 0 Å². The van der Waals surface area contributed by atoms with Gasteiger partial charge in [0.05, 0.1) is 17.6 Å².